The fourth-order valence-electron chi connectivity index (χ4n) is 1.56. The molecule has 0 saturated carbocycles. The molecule has 5 heteroatoms. The molecule has 0 aliphatic rings. The van der Waals surface area contributed by atoms with Crippen molar-refractivity contribution < 1.29 is 9.53 Å². The molecule has 0 fully saturated rings. The summed E-state index contributed by atoms with van der Waals surface area (Å²) in [5.74, 6) is -0.395. The van der Waals surface area contributed by atoms with Gasteiger partial charge in [-0.1, -0.05) is 12.1 Å². The Morgan fingerprint density at radius 1 is 1.37 bits per heavy atom. The van der Waals surface area contributed by atoms with Gasteiger partial charge in [-0.3, -0.25) is 4.79 Å². The lowest BCUT2D eigenvalue weighted by Crippen LogP contribution is -2.23. The van der Waals surface area contributed by atoms with Crippen molar-refractivity contribution in [2.75, 3.05) is 40.4 Å². The van der Waals surface area contributed by atoms with E-state index in [4.69, 9.17) is 10.5 Å². The number of likely N-dealkylation sites (N-methyl/N-ethyl adjacent to an activating group) is 1. The van der Waals surface area contributed by atoms with E-state index in [0.717, 1.165) is 25.3 Å². The second-order valence-corrected chi connectivity index (χ2v) is 4.66. The van der Waals surface area contributed by atoms with Gasteiger partial charge in [0.1, 0.15) is 0 Å². The molecule has 0 saturated heterocycles. The first-order valence-corrected chi connectivity index (χ1v) is 6.41. The van der Waals surface area contributed by atoms with E-state index in [1.165, 1.54) is 0 Å². The van der Waals surface area contributed by atoms with Gasteiger partial charge in [0.2, 0.25) is 5.91 Å². The third-order valence-electron chi connectivity index (χ3n) is 2.65. The van der Waals surface area contributed by atoms with Gasteiger partial charge < -0.3 is 20.7 Å². The number of benzene rings is 1. The van der Waals surface area contributed by atoms with Crippen LogP contribution in [0, 0.1) is 0 Å². The molecule has 1 amide bonds. The van der Waals surface area contributed by atoms with Gasteiger partial charge in [0, 0.05) is 25.2 Å². The second kappa shape index (κ2) is 8.63. The number of nitrogens with zero attached hydrogens (tertiary/aromatic N) is 1. The van der Waals surface area contributed by atoms with Crippen molar-refractivity contribution in [3.05, 3.63) is 35.4 Å². The van der Waals surface area contributed by atoms with Crippen LogP contribution in [0.1, 0.15) is 15.9 Å². The average molecular weight is 265 g/mol. The third-order valence-corrected chi connectivity index (χ3v) is 2.65. The molecule has 0 bridgehead atoms. The fraction of sp³-hybridized carbons (Fsp3) is 0.500. The Morgan fingerprint density at radius 2 is 2.16 bits per heavy atom. The first-order chi connectivity index (χ1) is 9.09. The molecule has 5 nitrogen and oxygen atoms in total. The largest absolute Gasteiger partial charge is 0.379 e. The zero-order valence-corrected chi connectivity index (χ0v) is 11.7. The van der Waals surface area contributed by atoms with Gasteiger partial charge in [0.15, 0.2) is 0 Å². The lowest BCUT2D eigenvalue weighted by atomic mass is 10.1. The van der Waals surface area contributed by atoms with Crippen molar-refractivity contribution in [2.24, 2.45) is 5.73 Å². The molecule has 0 unspecified atom stereocenters. The third kappa shape index (κ3) is 6.91. The molecule has 1 rings (SSSR count). The summed E-state index contributed by atoms with van der Waals surface area (Å²) in [5.41, 5.74) is 6.82. The Morgan fingerprint density at radius 3 is 2.84 bits per heavy atom. The number of hydrogen-bond acceptors (Lipinski definition) is 4. The highest BCUT2D eigenvalue weighted by Crippen LogP contribution is 2.04. The predicted molar refractivity (Wildman–Crippen MR) is 76.0 cm³/mol. The van der Waals surface area contributed by atoms with Crippen molar-refractivity contribution in [1.29, 1.82) is 0 Å². The summed E-state index contributed by atoms with van der Waals surface area (Å²) in [4.78, 5) is 13.1. The van der Waals surface area contributed by atoms with E-state index >= 15 is 0 Å². The first kappa shape index (κ1) is 15.6. The number of rotatable bonds is 9. The molecule has 0 radical (unpaired) electrons. The van der Waals surface area contributed by atoms with Crippen LogP contribution >= 0.6 is 0 Å². The van der Waals surface area contributed by atoms with Crippen LogP contribution in [0.3, 0.4) is 0 Å². The van der Waals surface area contributed by atoms with E-state index in [1.54, 1.807) is 6.07 Å². The topological polar surface area (TPSA) is 67.6 Å². The van der Waals surface area contributed by atoms with Gasteiger partial charge in [0.05, 0.1) is 13.2 Å². The van der Waals surface area contributed by atoms with Gasteiger partial charge in [-0.2, -0.15) is 0 Å². The van der Waals surface area contributed by atoms with Crippen LogP contribution in [-0.4, -0.2) is 51.2 Å². The Balaban J connectivity index is 2.15. The molecule has 0 spiro atoms. The zero-order chi connectivity index (χ0) is 14.1. The van der Waals surface area contributed by atoms with E-state index in [1.807, 2.05) is 32.3 Å². The van der Waals surface area contributed by atoms with Crippen LogP contribution in [0.4, 0.5) is 0 Å². The number of amides is 1. The smallest absolute Gasteiger partial charge is 0.248 e. The molecule has 1 aromatic rings. The van der Waals surface area contributed by atoms with Crippen molar-refractivity contribution in [3.63, 3.8) is 0 Å². The SMILES string of the molecule is CN(C)CCOCCNCc1cccc(C(N)=O)c1. The first-order valence-electron chi connectivity index (χ1n) is 6.41. The number of carbonyl (C=O) groups is 1. The highest BCUT2D eigenvalue weighted by molar-refractivity contribution is 5.92. The van der Waals surface area contributed by atoms with Gasteiger partial charge in [0.25, 0.3) is 0 Å². The molecule has 19 heavy (non-hydrogen) atoms. The minimum absolute atomic E-state index is 0.395. The van der Waals surface area contributed by atoms with Crippen LogP contribution in [0.5, 0.6) is 0 Å². The highest BCUT2D eigenvalue weighted by Gasteiger charge is 2.00. The molecule has 0 aromatic heterocycles. The normalized spacial score (nSPS) is 10.9. The molecule has 0 heterocycles. The van der Waals surface area contributed by atoms with E-state index in [2.05, 4.69) is 10.2 Å². The molecular formula is C14H23N3O2. The van der Waals surface area contributed by atoms with Crippen molar-refractivity contribution >= 4 is 5.91 Å². The van der Waals surface area contributed by atoms with Crippen molar-refractivity contribution in [3.8, 4) is 0 Å². The average Bonchev–Trinajstić information content (AvgIpc) is 2.37. The number of ether oxygens (including phenoxy) is 1. The van der Waals surface area contributed by atoms with Crippen molar-refractivity contribution in [1.82, 2.24) is 10.2 Å². The summed E-state index contributed by atoms with van der Waals surface area (Å²) in [6, 6.07) is 7.33. The molecule has 1 aromatic carbocycles. The Bertz CT molecular complexity index is 394. The number of primary amides is 1. The maximum absolute atomic E-state index is 11.0. The molecule has 0 aliphatic carbocycles. The quantitative estimate of drug-likeness (QED) is 0.636. The number of nitrogens with one attached hydrogen (secondary N) is 1. The molecule has 0 aliphatic heterocycles. The number of carbonyl (C=O) groups excluding carboxylic acids is 1. The Kier molecular flexibility index (Phi) is 7.10. The molecule has 106 valence electrons. The maximum atomic E-state index is 11.0. The number of hydrogen-bond donors (Lipinski definition) is 2. The Labute approximate surface area is 114 Å². The maximum Gasteiger partial charge on any atom is 0.248 e. The zero-order valence-electron chi connectivity index (χ0n) is 11.7. The molecular weight excluding hydrogens is 242 g/mol. The van der Waals surface area contributed by atoms with E-state index in [0.29, 0.717) is 18.7 Å². The monoisotopic (exact) mass is 265 g/mol. The molecule has 0 atom stereocenters. The Hall–Kier alpha value is -1.43. The van der Waals surface area contributed by atoms with Gasteiger partial charge >= 0.3 is 0 Å². The van der Waals surface area contributed by atoms with E-state index in [9.17, 15) is 4.79 Å². The van der Waals surface area contributed by atoms with Crippen LogP contribution in [0.2, 0.25) is 0 Å². The fourth-order valence-corrected chi connectivity index (χ4v) is 1.56. The van der Waals surface area contributed by atoms with Gasteiger partial charge in [-0.05, 0) is 31.8 Å². The van der Waals surface area contributed by atoms with Gasteiger partial charge in [-0.15, -0.1) is 0 Å². The van der Waals surface area contributed by atoms with Crippen LogP contribution in [0.25, 0.3) is 0 Å². The second-order valence-electron chi connectivity index (χ2n) is 4.66. The van der Waals surface area contributed by atoms with Crippen molar-refractivity contribution in [2.45, 2.75) is 6.54 Å². The molecule has 3 N–H and O–H groups in total. The summed E-state index contributed by atoms with van der Waals surface area (Å²) in [6.45, 7) is 3.85. The lowest BCUT2D eigenvalue weighted by molar-refractivity contribution is 0.1000. The van der Waals surface area contributed by atoms with E-state index < -0.39 is 5.91 Å². The minimum atomic E-state index is -0.395. The summed E-state index contributed by atoms with van der Waals surface area (Å²) >= 11 is 0. The predicted octanol–water partition coefficient (Wildman–Crippen LogP) is 0.453. The standard InChI is InChI=1S/C14H23N3O2/c1-17(2)7-9-19-8-6-16-11-12-4-3-5-13(10-12)14(15)18/h3-5,10,16H,6-9,11H2,1-2H3,(H2,15,18). The van der Waals surface area contributed by atoms with Gasteiger partial charge in [-0.25, -0.2) is 0 Å². The van der Waals surface area contributed by atoms with Crippen LogP contribution < -0.4 is 11.1 Å². The van der Waals surface area contributed by atoms with Crippen LogP contribution in [-0.2, 0) is 11.3 Å². The summed E-state index contributed by atoms with van der Waals surface area (Å²) < 4.78 is 5.47. The highest BCUT2D eigenvalue weighted by atomic mass is 16.5. The summed E-state index contributed by atoms with van der Waals surface area (Å²) in [6.07, 6.45) is 0. The summed E-state index contributed by atoms with van der Waals surface area (Å²) in [7, 11) is 4.04. The summed E-state index contributed by atoms with van der Waals surface area (Å²) in [5, 5.41) is 3.27. The number of nitrogens with two attached hydrogens (primary N) is 1. The lowest BCUT2D eigenvalue weighted by Gasteiger charge is -2.10. The van der Waals surface area contributed by atoms with E-state index in [-0.39, 0.29) is 0 Å². The minimum Gasteiger partial charge on any atom is -0.379 e. The van der Waals surface area contributed by atoms with Crippen LogP contribution in [0.15, 0.2) is 24.3 Å².